The molecule has 6 aromatic rings. The van der Waals surface area contributed by atoms with Crippen molar-refractivity contribution in [1.29, 1.82) is 0 Å². The molecule has 32 heavy (non-hydrogen) atoms. The van der Waals surface area contributed by atoms with Gasteiger partial charge in [0.05, 0.1) is 26.1 Å². The van der Waals surface area contributed by atoms with E-state index in [0.717, 1.165) is 32.1 Å². The lowest BCUT2D eigenvalue weighted by Crippen LogP contribution is -1.93. The van der Waals surface area contributed by atoms with E-state index in [1.807, 2.05) is 53.9 Å². The minimum absolute atomic E-state index is 0.493. The first kappa shape index (κ1) is 20.1. The van der Waals surface area contributed by atoms with Crippen LogP contribution in [0.2, 0.25) is 15.1 Å². The van der Waals surface area contributed by atoms with Crippen LogP contribution >= 0.6 is 57.5 Å². The Morgan fingerprint density at radius 2 is 1.72 bits per heavy atom. The fraction of sp³-hybridized carbons (Fsp3) is 0. The predicted octanol–water partition coefficient (Wildman–Crippen LogP) is 7.76. The smallest absolute Gasteiger partial charge is 0.235 e. The molecule has 0 spiro atoms. The van der Waals surface area contributed by atoms with Gasteiger partial charge in [0.25, 0.3) is 0 Å². The van der Waals surface area contributed by atoms with Crippen LogP contribution < -0.4 is 0 Å². The van der Waals surface area contributed by atoms with Crippen LogP contribution in [0.5, 0.6) is 0 Å². The summed E-state index contributed by atoms with van der Waals surface area (Å²) in [5.41, 5.74) is 3.14. The van der Waals surface area contributed by atoms with Crippen molar-refractivity contribution in [1.82, 2.24) is 24.8 Å². The Hall–Kier alpha value is -2.55. The van der Waals surface area contributed by atoms with Gasteiger partial charge in [-0.2, -0.15) is 9.61 Å². The molecule has 0 aliphatic carbocycles. The third-order valence-corrected chi connectivity index (χ3v) is 7.60. The Bertz CT molecular complexity index is 1620. The van der Waals surface area contributed by atoms with Crippen LogP contribution in [-0.2, 0) is 0 Å². The zero-order valence-corrected chi connectivity index (χ0v) is 19.9. The molecule has 0 saturated carbocycles. The van der Waals surface area contributed by atoms with Gasteiger partial charge in [0.2, 0.25) is 4.96 Å². The summed E-state index contributed by atoms with van der Waals surface area (Å²) in [6.07, 6.45) is 0. The fourth-order valence-corrected chi connectivity index (χ4v) is 5.83. The number of fused-ring (bicyclic) bond motifs is 2. The third-order valence-electron chi connectivity index (χ3n) is 4.94. The summed E-state index contributed by atoms with van der Waals surface area (Å²) >= 11 is 22.3. The van der Waals surface area contributed by atoms with Gasteiger partial charge >= 0.3 is 0 Å². The zero-order valence-electron chi connectivity index (χ0n) is 16.0. The third kappa shape index (κ3) is 3.29. The topological polar surface area (TPSA) is 56.0 Å². The van der Waals surface area contributed by atoms with Gasteiger partial charge in [0.15, 0.2) is 5.82 Å². The lowest BCUT2D eigenvalue weighted by Gasteiger charge is -2.09. The lowest BCUT2D eigenvalue weighted by molar-refractivity contribution is 0.971. The van der Waals surface area contributed by atoms with Gasteiger partial charge in [-0.05, 0) is 41.8 Å². The first-order valence-electron chi connectivity index (χ1n) is 9.40. The summed E-state index contributed by atoms with van der Waals surface area (Å²) in [6, 6.07) is 17.1. The number of benzene rings is 2. The van der Waals surface area contributed by atoms with E-state index >= 15 is 0 Å². The quantitative estimate of drug-likeness (QED) is 0.242. The largest absolute Gasteiger partial charge is 0.245 e. The highest BCUT2D eigenvalue weighted by molar-refractivity contribution is 7.20. The first-order valence-corrected chi connectivity index (χ1v) is 12.2. The highest BCUT2D eigenvalue weighted by Crippen LogP contribution is 2.39. The van der Waals surface area contributed by atoms with Crippen molar-refractivity contribution in [3.8, 4) is 32.5 Å². The van der Waals surface area contributed by atoms with E-state index < -0.39 is 0 Å². The van der Waals surface area contributed by atoms with Crippen molar-refractivity contribution in [2.45, 2.75) is 0 Å². The molecular formula is C22H10Cl3N5S2. The Kier molecular flexibility index (Phi) is 4.89. The predicted molar refractivity (Wildman–Crippen MR) is 133 cm³/mol. The Balaban J connectivity index is 1.62. The maximum Gasteiger partial charge on any atom is 0.235 e. The number of hydrogen-bond donors (Lipinski definition) is 0. The van der Waals surface area contributed by atoms with Crippen molar-refractivity contribution in [2.24, 2.45) is 0 Å². The average molecular weight is 515 g/mol. The van der Waals surface area contributed by atoms with E-state index in [1.54, 1.807) is 21.9 Å². The van der Waals surface area contributed by atoms with Gasteiger partial charge < -0.3 is 0 Å². The molecule has 4 heterocycles. The zero-order chi connectivity index (χ0) is 21.8. The lowest BCUT2D eigenvalue weighted by atomic mass is 10.1. The summed E-state index contributed by atoms with van der Waals surface area (Å²) in [6.45, 7) is 0. The van der Waals surface area contributed by atoms with Crippen LogP contribution in [-0.4, -0.2) is 24.8 Å². The fourth-order valence-electron chi connectivity index (χ4n) is 3.52. The minimum atomic E-state index is 0.493. The molecule has 0 unspecified atom stereocenters. The molecule has 156 valence electrons. The van der Waals surface area contributed by atoms with Crippen molar-refractivity contribution in [3.05, 3.63) is 75.0 Å². The summed E-state index contributed by atoms with van der Waals surface area (Å²) < 4.78 is 1.71. The van der Waals surface area contributed by atoms with E-state index in [1.165, 1.54) is 11.3 Å². The van der Waals surface area contributed by atoms with E-state index in [9.17, 15) is 0 Å². The molecule has 0 radical (unpaired) electrons. The van der Waals surface area contributed by atoms with Gasteiger partial charge in [-0.15, -0.1) is 21.5 Å². The number of hydrogen-bond acceptors (Lipinski definition) is 6. The van der Waals surface area contributed by atoms with Crippen LogP contribution in [0.4, 0.5) is 0 Å². The second kappa shape index (κ2) is 7.79. The number of thiophene rings is 1. The summed E-state index contributed by atoms with van der Waals surface area (Å²) in [7, 11) is 0. The number of aromatic nitrogens is 5. The first-order chi connectivity index (χ1) is 15.6. The van der Waals surface area contributed by atoms with Gasteiger partial charge in [0.1, 0.15) is 5.01 Å². The molecule has 5 nitrogen and oxygen atoms in total. The van der Waals surface area contributed by atoms with E-state index in [-0.39, 0.29) is 0 Å². The average Bonchev–Trinajstić information content (AvgIpc) is 3.51. The van der Waals surface area contributed by atoms with Crippen molar-refractivity contribution < 1.29 is 0 Å². The van der Waals surface area contributed by atoms with Crippen molar-refractivity contribution in [3.63, 3.8) is 0 Å². The van der Waals surface area contributed by atoms with Crippen LogP contribution in [0.15, 0.2) is 60.0 Å². The van der Waals surface area contributed by atoms with Crippen molar-refractivity contribution in [2.75, 3.05) is 0 Å². The van der Waals surface area contributed by atoms with E-state index in [0.29, 0.717) is 31.4 Å². The molecular weight excluding hydrogens is 505 g/mol. The second-order valence-corrected chi connectivity index (χ2v) is 10.1. The molecule has 0 saturated heterocycles. The van der Waals surface area contributed by atoms with Crippen molar-refractivity contribution >= 4 is 73.3 Å². The highest BCUT2D eigenvalue weighted by Gasteiger charge is 2.20. The van der Waals surface area contributed by atoms with E-state index in [2.05, 4.69) is 10.2 Å². The number of halogens is 3. The minimum Gasteiger partial charge on any atom is -0.245 e. The molecule has 0 N–H and O–H groups in total. The van der Waals surface area contributed by atoms with Gasteiger partial charge in [-0.1, -0.05) is 64.3 Å². The molecule has 10 heteroatoms. The molecule has 4 aromatic heterocycles. The highest BCUT2D eigenvalue weighted by atomic mass is 35.5. The molecule has 0 aliphatic heterocycles. The molecule has 0 amide bonds. The molecule has 2 aromatic carbocycles. The Labute approximate surface area is 204 Å². The molecule has 0 fully saturated rings. The summed E-state index contributed by atoms with van der Waals surface area (Å²) in [4.78, 5) is 6.51. The van der Waals surface area contributed by atoms with Crippen LogP contribution in [0.3, 0.4) is 0 Å². The van der Waals surface area contributed by atoms with Gasteiger partial charge in [-0.25, -0.2) is 4.98 Å². The second-order valence-electron chi connectivity index (χ2n) is 6.92. The molecule has 0 aliphatic rings. The van der Waals surface area contributed by atoms with Gasteiger partial charge in [0, 0.05) is 21.5 Å². The monoisotopic (exact) mass is 513 g/mol. The Morgan fingerprint density at radius 3 is 2.53 bits per heavy atom. The molecule has 0 atom stereocenters. The SMILES string of the molecule is Clc1cc(Cl)c2nc(-c3cccs3)cc(-c3nn4c(-c5ccccc5Cl)nnc4s3)c2c1. The van der Waals surface area contributed by atoms with Gasteiger partial charge in [-0.3, -0.25) is 0 Å². The summed E-state index contributed by atoms with van der Waals surface area (Å²) in [5.74, 6) is 0.584. The van der Waals surface area contributed by atoms with Crippen LogP contribution in [0.25, 0.3) is 48.4 Å². The molecule has 0 bridgehead atoms. The number of nitrogens with zero attached hydrogens (tertiary/aromatic N) is 5. The number of pyridine rings is 1. The maximum absolute atomic E-state index is 6.53. The molecule has 6 rings (SSSR count). The van der Waals surface area contributed by atoms with Crippen LogP contribution in [0, 0.1) is 0 Å². The van der Waals surface area contributed by atoms with Crippen LogP contribution in [0.1, 0.15) is 0 Å². The normalized spacial score (nSPS) is 11.6. The number of rotatable bonds is 3. The summed E-state index contributed by atoms with van der Waals surface area (Å²) in [5, 5.41) is 18.7. The standard InChI is InChI=1S/C22H10Cl3N5S2/c23-11-8-13-14(10-17(18-6-3-7-31-18)26-19(13)16(25)9-11)21-29-30-20(27-28-22(30)32-21)12-4-1-2-5-15(12)24/h1-10H. The van der Waals surface area contributed by atoms with E-state index in [4.69, 9.17) is 44.9 Å². The maximum atomic E-state index is 6.53. The Morgan fingerprint density at radius 1 is 0.844 bits per heavy atom.